The van der Waals surface area contributed by atoms with Crippen molar-refractivity contribution < 1.29 is 13.9 Å². The van der Waals surface area contributed by atoms with Crippen LogP contribution in [0.3, 0.4) is 0 Å². The lowest BCUT2D eigenvalue weighted by molar-refractivity contribution is -0.103. The summed E-state index contributed by atoms with van der Waals surface area (Å²) >= 11 is 0. The molecule has 4 rings (SSSR count). The van der Waals surface area contributed by atoms with Gasteiger partial charge in [0.05, 0.1) is 12.0 Å². The van der Waals surface area contributed by atoms with Crippen LogP contribution in [0.15, 0.2) is 39.5 Å². The number of benzene rings is 1. The molecule has 24 heavy (non-hydrogen) atoms. The van der Waals surface area contributed by atoms with Crippen molar-refractivity contribution in [3.63, 3.8) is 0 Å². The number of hydrogen-bond acceptors (Lipinski definition) is 5. The maximum Gasteiger partial charge on any atom is 0.292 e. The Morgan fingerprint density at radius 2 is 1.92 bits per heavy atom. The van der Waals surface area contributed by atoms with Crippen LogP contribution in [-0.2, 0) is 4.74 Å². The van der Waals surface area contributed by atoms with E-state index in [-0.39, 0.29) is 17.1 Å². The first-order valence-corrected chi connectivity index (χ1v) is 8.26. The molecule has 0 radical (unpaired) electrons. The monoisotopic (exact) mass is 328 g/mol. The molecule has 2 aliphatic rings. The largest absolute Gasteiger partial charge is 0.451 e. The highest BCUT2D eigenvalue weighted by Gasteiger charge is 2.47. The molecular weight excluding hydrogens is 308 g/mol. The third-order valence-corrected chi connectivity index (χ3v) is 5.04. The number of amides is 1. The second-order valence-electron chi connectivity index (χ2n) is 6.53. The minimum Gasteiger partial charge on any atom is -0.451 e. The summed E-state index contributed by atoms with van der Waals surface area (Å²) in [5, 5.41) is 0.487. The maximum atomic E-state index is 13.0. The van der Waals surface area contributed by atoms with Crippen LogP contribution in [0.4, 0.5) is 0 Å². The number of hydrogen-bond donors (Lipinski definition) is 0. The Morgan fingerprint density at radius 1 is 1.17 bits per heavy atom. The van der Waals surface area contributed by atoms with E-state index in [9.17, 15) is 9.59 Å². The van der Waals surface area contributed by atoms with Gasteiger partial charge < -0.3 is 19.0 Å². The SMILES string of the molecule is CN1CCC2(CC1)OCCN2C(=O)c1cc(=O)c2ccccc2o1. The summed E-state index contributed by atoms with van der Waals surface area (Å²) < 4.78 is 11.7. The Bertz CT molecular complexity index is 836. The van der Waals surface area contributed by atoms with E-state index in [0.717, 1.165) is 25.9 Å². The van der Waals surface area contributed by atoms with E-state index in [4.69, 9.17) is 9.15 Å². The molecule has 0 bridgehead atoms. The lowest BCUT2D eigenvalue weighted by Crippen LogP contribution is -2.54. The molecule has 1 amide bonds. The number of nitrogens with zero attached hydrogens (tertiary/aromatic N) is 2. The van der Waals surface area contributed by atoms with Gasteiger partial charge in [0.25, 0.3) is 5.91 Å². The Hall–Kier alpha value is -2.18. The molecule has 6 heteroatoms. The molecule has 1 spiro atoms. The van der Waals surface area contributed by atoms with E-state index in [2.05, 4.69) is 11.9 Å². The Kier molecular flexibility index (Phi) is 3.66. The second kappa shape index (κ2) is 5.72. The average molecular weight is 328 g/mol. The molecule has 2 fully saturated rings. The lowest BCUT2D eigenvalue weighted by atomic mass is 9.99. The minimum absolute atomic E-state index is 0.0857. The summed E-state index contributed by atoms with van der Waals surface area (Å²) in [5.41, 5.74) is -0.322. The summed E-state index contributed by atoms with van der Waals surface area (Å²) in [4.78, 5) is 29.2. The van der Waals surface area contributed by atoms with Crippen LogP contribution >= 0.6 is 0 Å². The molecule has 0 atom stereocenters. The van der Waals surface area contributed by atoms with Gasteiger partial charge in [-0.3, -0.25) is 9.59 Å². The normalized spacial score (nSPS) is 20.8. The predicted octanol–water partition coefficient (Wildman–Crippen LogP) is 1.69. The lowest BCUT2D eigenvalue weighted by Gasteiger charge is -2.42. The molecular formula is C18H20N2O4. The van der Waals surface area contributed by atoms with Crippen molar-refractivity contribution in [3.8, 4) is 0 Å². The molecule has 0 unspecified atom stereocenters. The molecule has 2 saturated heterocycles. The first kappa shape index (κ1) is 15.4. The van der Waals surface area contributed by atoms with Crippen molar-refractivity contribution in [2.75, 3.05) is 33.3 Å². The van der Waals surface area contributed by atoms with Crippen LogP contribution in [0.5, 0.6) is 0 Å². The smallest absolute Gasteiger partial charge is 0.292 e. The van der Waals surface area contributed by atoms with E-state index in [1.807, 2.05) is 0 Å². The van der Waals surface area contributed by atoms with E-state index in [1.54, 1.807) is 29.2 Å². The molecule has 6 nitrogen and oxygen atoms in total. The average Bonchev–Trinajstić information content (AvgIpc) is 3.00. The van der Waals surface area contributed by atoms with E-state index in [0.29, 0.717) is 24.1 Å². The Balaban J connectivity index is 1.69. The number of para-hydroxylation sites is 1. The fourth-order valence-corrected chi connectivity index (χ4v) is 3.62. The molecule has 0 N–H and O–H groups in total. The highest BCUT2D eigenvalue weighted by Crippen LogP contribution is 2.35. The van der Waals surface area contributed by atoms with E-state index in [1.165, 1.54) is 6.07 Å². The maximum absolute atomic E-state index is 13.0. The van der Waals surface area contributed by atoms with E-state index >= 15 is 0 Å². The minimum atomic E-state index is -0.562. The van der Waals surface area contributed by atoms with Crippen LogP contribution in [0.25, 0.3) is 11.0 Å². The van der Waals surface area contributed by atoms with Gasteiger partial charge in [0.15, 0.2) is 11.2 Å². The zero-order valence-corrected chi connectivity index (χ0v) is 13.7. The molecule has 2 aliphatic heterocycles. The van der Waals surface area contributed by atoms with Crippen LogP contribution in [0, 0.1) is 0 Å². The summed E-state index contributed by atoms with van der Waals surface area (Å²) in [6.07, 6.45) is 1.54. The quantitative estimate of drug-likeness (QED) is 0.797. The van der Waals surface area contributed by atoms with Crippen molar-refractivity contribution >= 4 is 16.9 Å². The third-order valence-electron chi connectivity index (χ3n) is 5.04. The summed E-state index contributed by atoms with van der Waals surface area (Å²) in [5.74, 6) is -0.178. The van der Waals surface area contributed by atoms with Crippen molar-refractivity contribution in [1.29, 1.82) is 0 Å². The van der Waals surface area contributed by atoms with Crippen molar-refractivity contribution in [2.45, 2.75) is 18.6 Å². The van der Waals surface area contributed by atoms with Gasteiger partial charge in [0.1, 0.15) is 11.3 Å². The molecule has 0 aliphatic carbocycles. The van der Waals surface area contributed by atoms with Crippen LogP contribution in [0.2, 0.25) is 0 Å². The fourth-order valence-electron chi connectivity index (χ4n) is 3.62. The number of carbonyl (C=O) groups is 1. The van der Waals surface area contributed by atoms with Gasteiger partial charge in [0.2, 0.25) is 0 Å². The molecule has 1 aromatic heterocycles. The zero-order valence-electron chi connectivity index (χ0n) is 13.7. The van der Waals surface area contributed by atoms with Crippen LogP contribution in [-0.4, -0.2) is 54.7 Å². The van der Waals surface area contributed by atoms with Crippen molar-refractivity contribution in [2.24, 2.45) is 0 Å². The molecule has 126 valence electrons. The molecule has 2 aromatic rings. The fraction of sp³-hybridized carbons (Fsp3) is 0.444. The van der Waals surface area contributed by atoms with Gasteiger partial charge in [-0.25, -0.2) is 0 Å². The van der Waals surface area contributed by atoms with E-state index < -0.39 is 5.72 Å². The number of piperidine rings is 1. The highest BCUT2D eigenvalue weighted by molar-refractivity contribution is 5.93. The van der Waals surface area contributed by atoms with Gasteiger partial charge in [0, 0.05) is 38.5 Å². The third kappa shape index (κ3) is 2.42. The van der Waals surface area contributed by atoms with Crippen molar-refractivity contribution in [1.82, 2.24) is 9.80 Å². The standard InChI is InChI=1S/C18H20N2O4/c1-19-8-6-18(7-9-19)20(10-11-23-18)17(22)16-12-14(21)13-4-2-3-5-15(13)24-16/h2-5,12H,6-11H2,1H3. The topological polar surface area (TPSA) is 63.0 Å². The molecule has 3 heterocycles. The highest BCUT2D eigenvalue weighted by atomic mass is 16.5. The van der Waals surface area contributed by atoms with Gasteiger partial charge in [-0.2, -0.15) is 0 Å². The van der Waals surface area contributed by atoms with Gasteiger partial charge in [-0.15, -0.1) is 0 Å². The predicted molar refractivity (Wildman–Crippen MR) is 88.9 cm³/mol. The number of fused-ring (bicyclic) bond motifs is 1. The summed E-state index contributed by atoms with van der Waals surface area (Å²) in [6.45, 7) is 2.81. The number of ether oxygens (including phenoxy) is 1. The zero-order chi connectivity index (χ0) is 16.7. The second-order valence-corrected chi connectivity index (χ2v) is 6.53. The first-order chi connectivity index (χ1) is 11.6. The van der Waals surface area contributed by atoms with Gasteiger partial charge in [-0.1, -0.05) is 12.1 Å². The van der Waals surface area contributed by atoms with Crippen LogP contribution in [0.1, 0.15) is 23.4 Å². The van der Waals surface area contributed by atoms with Gasteiger partial charge in [-0.05, 0) is 19.2 Å². The molecule has 1 aromatic carbocycles. The number of likely N-dealkylation sites (tertiary alicyclic amines) is 1. The summed E-state index contributed by atoms with van der Waals surface area (Å²) in [7, 11) is 2.07. The Morgan fingerprint density at radius 3 is 2.71 bits per heavy atom. The molecule has 0 saturated carbocycles. The van der Waals surface area contributed by atoms with Crippen molar-refractivity contribution in [3.05, 3.63) is 46.3 Å². The first-order valence-electron chi connectivity index (χ1n) is 8.26. The van der Waals surface area contributed by atoms with Crippen LogP contribution < -0.4 is 5.43 Å². The summed E-state index contributed by atoms with van der Waals surface area (Å²) in [6, 6.07) is 8.28. The number of rotatable bonds is 1. The van der Waals surface area contributed by atoms with Gasteiger partial charge >= 0.3 is 0 Å². The Labute approximate surface area is 139 Å². The number of carbonyl (C=O) groups excluding carboxylic acids is 1.